The van der Waals surface area contributed by atoms with E-state index in [0.29, 0.717) is 18.7 Å². The summed E-state index contributed by atoms with van der Waals surface area (Å²) in [4.78, 5) is 0. The van der Waals surface area contributed by atoms with E-state index in [1.54, 1.807) is 12.1 Å². The third-order valence-electron chi connectivity index (χ3n) is 3.10. The van der Waals surface area contributed by atoms with E-state index >= 15 is 0 Å². The first-order valence-electron chi connectivity index (χ1n) is 6.51. The molecule has 0 aromatic heterocycles. The number of nitrogens with one attached hydrogen (secondary N) is 1. The summed E-state index contributed by atoms with van der Waals surface area (Å²) in [6, 6.07) is 5.73. The zero-order valence-electron chi connectivity index (χ0n) is 11.5. The molecule has 1 aromatic carbocycles. The van der Waals surface area contributed by atoms with Crippen LogP contribution in [0.15, 0.2) is 24.3 Å². The van der Waals surface area contributed by atoms with Crippen molar-refractivity contribution in [2.45, 2.75) is 32.6 Å². The molecule has 1 aliphatic rings. The van der Waals surface area contributed by atoms with Gasteiger partial charge in [0.1, 0.15) is 5.82 Å². The minimum atomic E-state index is -3.55. The molecule has 112 valence electrons. The molecule has 2 unspecified atom stereocenters. The van der Waals surface area contributed by atoms with E-state index in [0.717, 1.165) is 0 Å². The van der Waals surface area contributed by atoms with Gasteiger partial charge in [-0.05, 0) is 31.5 Å². The molecule has 0 amide bonds. The van der Waals surface area contributed by atoms with E-state index in [2.05, 4.69) is 4.72 Å². The van der Waals surface area contributed by atoms with Crippen LogP contribution in [0.1, 0.15) is 19.4 Å². The highest BCUT2D eigenvalue weighted by Crippen LogP contribution is 2.14. The highest BCUT2D eigenvalue weighted by atomic mass is 32.2. The second-order valence-electron chi connectivity index (χ2n) is 5.03. The standard InChI is InChI=1S/C13H19FN2O3S/c1-10-8-16(9-11(2)19-10)20(17,18)15-7-12-3-5-13(14)6-4-12/h3-6,10-11,15H,7-9H2,1-2H3. The van der Waals surface area contributed by atoms with E-state index in [1.807, 2.05) is 13.8 Å². The van der Waals surface area contributed by atoms with E-state index in [1.165, 1.54) is 16.4 Å². The number of benzene rings is 1. The average molecular weight is 302 g/mol. The van der Waals surface area contributed by atoms with Crippen molar-refractivity contribution in [1.82, 2.24) is 9.03 Å². The van der Waals surface area contributed by atoms with Crippen molar-refractivity contribution in [3.63, 3.8) is 0 Å². The number of morpholine rings is 1. The van der Waals surface area contributed by atoms with Crippen molar-refractivity contribution in [3.8, 4) is 0 Å². The lowest BCUT2D eigenvalue weighted by Gasteiger charge is -2.34. The number of hydrogen-bond donors (Lipinski definition) is 1. The Labute approximate surface area is 118 Å². The van der Waals surface area contributed by atoms with E-state index in [-0.39, 0.29) is 24.6 Å². The highest BCUT2D eigenvalue weighted by Gasteiger charge is 2.30. The topological polar surface area (TPSA) is 58.6 Å². The molecule has 2 rings (SSSR count). The zero-order chi connectivity index (χ0) is 14.8. The summed E-state index contributed by atoms with van der Waals surface area (Å²) in [7, 11) is -3.55. The van der Waals surface area contributed by atoms with Crippen LogP contribution in [0, 0.1) is 5.82 Å². The lowest BCUT2D eigenvalue weighted by Crippen LogP contribution is -2.51. The van der Waals surface area contributed by atoms with E-state index < -0.39 is 10.2 Å². The Morgan fingerprint density at radius 2 is 1.80 bits per heavy atom. The van der Waals surface area contributed by atoms with Gasteiger partial charge in [-0.15, -0.1) is 0 Å². The predicted molar refractivity (Wildman–Crippen MR) is 73.7 cm³/mol. The lowest BCUT2D eigenvalue weighted by atomic mass is 10.2. The Morgan fingerprint density at radius 1 is 1.25 bits per heavy atom. The molecule has 0 saturated carbocycles. The molecular formula is C13H19FN2O3S. The average Bonchev–Trinajstić information content (AvgIpc) is 2.37. The molecule has 5 nitrogen and oxygen atoms in total. The Morgan fingerprint density at radius 3 is 2.35 bits per heavy atom. The van der Waals surface area contributed by atoms with Gasteiger partial charge < -0.3 is 4.74 Å². The first kappa shape index (κ1) is 15.4. The molecule has 1 aromatic rings. The second kappa shape index (κ2) is 6.17. The maximum absolute atomic E-state index is 12.8. The zero-order valence-corrected chi connectivity index (χ0v) is 12.4. The van der Waals surface area contributed by atoms with Gasteiger partial charge in [0.2, 0.25) is 0 Å². The SMILES string of the molecule is CC1CN(S(=O)(=O)NCc2ccc(F)cc2)CC(C)O1. The number of rotatable bonds is 4. The van der Waals surface area contributed by atoms with Gasteiger partial charge in [-0.2, -0.15) is 17.4 Å². The molecule has 1 fully saturated rings. The van der Waals surface area contributed by atoms with Crippen LogP contribution in [0.5, 0.6) is 0 Å². The summed E-state index contributed by atoms with van der Waals surface area (Å²) < 4.78 is 46.6. The van der Waals surface area contributed by atoms with Gasteiger partial charge in [0.25, 0.3) is 10.2 Å². The number of ether oxygens (including phenoxy) is 1. The van der Waals surface area contributed by atoms with Gasteiger partial charge >= 0.3 is 0 Å². The van der Waals surface area contributed by atoms with Gasteiger partial charge in [-0.1, -0.05) is 12.1 Å². The van der Waals surface area contributed by atoms with Crippen LogP contribution in [-0.2, 0) is 21.5 Å². The van der Waals surface area contributed by atoms with Crippen molar-refractivity contribution in [2.75, 3.05) is 13.1 Å². The van der Waals surface area contributed by atoms with Crippen LogP contribution in [0.25, 0.3) is 0 Å². The van der Waals surface area contributed by atoms with Crippen LogP contribution in [0.4, 0.5) is 4.39 Å². The lowest BCUT2D eigenvalue weighted by molar-refractivity contribution is -0.0444. The van der Waals surface area contributed by atoms with Crippen LogP contribution in [0.2, 0.25) is 0 Å². The van der Waals surface area contributed by atoms with Crippen molar-refractivity contribution in [1.29, 1.82) is 0 Å². The van der Waals surface area contributed by atoms with Crippen LogP contribution >= 0.6 is 0 Å². The largest absolute Gasteiger partial charge is 0.373 e. The summed E-state index contributed by atoms with van der Waals surface area (Å²) in [5.74, 6) is -0.340. The third kappa shape index (κ3) is 3.99. The molecule has 1 aliphatic heterocycles. The molecule has 1 N–H and O–H groups in total. The van der Waals surface area contributed by atoms with Gasteiger partial charge in [0.15, 0.2) is 0 Å². The summed E-state index contributed by atoms with van der Waals surface area (Å²) in [5, 5.41) is 0. The van der Waals surface area contributed by atoms with Crippen molar-refractivity contribution in [2.24, 2.45) is 0 Å². The van der Waals surface area contributed by atoms with E-state index in [9.17, 15) is 12.8 Å². The quantitative estimate of drug-likeness (QED) is 0.911. The van der Waals surface area contributed by atoms with E-state index in [4.69, 9.17) is 4.74 Å². The summed E-state index contributed by atoms with van der Waals surface area (Å²) in [6.07, 6.45) is -0.248. The molecule has 0 radical (unpaired) electrons. The normalized spacial score (nSPS) is 24.8. The number of hydrogen-bond acceptors (Lipinski definition) is 3. The van der Waals surface area contributed by atoms with Crippen LogP contribution in [-0.4, -0.2) is 38.0 Å². The number of halogens is 1. The monoisotopic (exact) mass is 302 g/mol. The molecule has 1 saturated heterocycles. The van der Waals surface area contributed by atoms with Gasteiger partial charge in [-0.3, -0.25) is 0 Å². The fraction of sp³-hybridized carbons (Fsp3) is 0.538. The smallest absolute Gasteiger partial charge is 0.279 e. The van der Waals surface area contributed by atoms with Crippen molar-refractivity contribution in [3.05, 3.63) is 35.6 Å². The Kier molecular flexibility index (Phi) is 4.74. The Balaban J connectivity index is 1.98. The molecule has 0 aliphatic carbocycles. The van der Waals surface area contributed by atoms with Crippen molar-refractivity contribution < 1.29 is 17.5 Å². The van der Waals surface area contributed by atoms with Crippen LogP contribution in [0.3, 0.4) is 0 Å². The van der Waals surface area contributed by atoms with Gasteiger partial charge in [-0.25, -0.2) is 4.39 Å². The molecule has 0 bridgehead atoms. The minimum absolute atomic E-state index is 0.124. The Bertz CT molecular complexity index is 537. The Hall–Kier alpha value is -1.02. The van der Waals surface area contributed by atoms with Gasteiger partial charge in [0, 0.05) is 19.6 Å². The molecule has 1 heterocycles. The maximum atomic E-state index is 12.8. The highest BCUT2D eigenvalue weighted by molar-refractivity contribution is 7.87. The van der Waals surface area contributed by atoms with Gasteiger partial charge in [0.05, 0.1) is 12.2 Å². The first-order chi connectivity index (χ1) is 9.37. The maximum Gasteiger partial charge on any atom is 0.279 e. The molecule has 20 heavy (non-hydrogen) atoms. The first-order valence-corrected chi connectivity index (χ1v) is 7.95. The second-order valence-corrected chi connectivity index (χ2v) is 6.78. The van der Waals surface area contributed by atoms with Crippen molar-refractivity contribution >= 4 is 10.2 Å². The number of nitrogens with zero attached hydrogens (tertiary/aromatic N) is 1. The molecule has 7 heteroatoms. The molecule has 2 atom stereocenters. The summed E-state index contributed by atoms with van der Waals surface area (Å²) in [5.41, 5.74) is 0.712. The fourth-order valence-electron chi connectivity index (χ4n) is 2.20. The summed E-state index contributed by atoms with van der Waals surface area (Å²) >= 11 is 0. The predicted octanol–water partition coefficient (Wildman–Crippen LogP) is 1.27. The summed E-state index contributed by atoms with van der Waals surface area (Å²) in [6.45, 7) is 4.51. The van der Waals surface area contributed by atoms with Crippen LogP contribution < -0.4 is 4.72 Å². The fourth-order valence-corrected chi connectivity index (χ4v) is 3.54. The molecule has 0 spiro atoms. The third-order valence-corrected chi connectivity index (χ3v) is 4.59. The minimum Gasteiger partial charge on any atom is -0.373 e. The molecular weight excluding hydrogens is 283 g/mol.